The molecule has 1 amide bonds. The normalized spacial score (nSPS) is 17.0. The third kappa shape index (κ3) is 6.04. The first-order chi connectivity index (χ1) is 12.2. The SMILES string of the molecule is CCOc1ccc(CCC[C@@H](C(=O)N2CCSCC2)[C@H](O)C=O)cc1. The van der Waals surface area contributed by atoms with E-state index in [4.69, 9.17) is 4.74 Å². The van der Waals surface area contributed by atoms with E-state index >= 15 is 0 Å². The van der Waals surface area contributed by atoms with Gasteiger partial charge in [-0.25, -0.2) is 0 Å². The van der Waals surface area contributed by atoms with Crippen LogP contribution in [-0.2, 0) is 16.0 Å². The van der Waals surface area contributed by atoms with Gasteiger partial charge in [-0.1, -0.05) is 12.1 Å². The molecule has 2 atom stereocenters. The zero-order valence-electron chi connectivity index (χ0n) is 14.7. The number of rotatable bonds is 9. The van der Waals surface area contributed by atoms with Crippen LogP contribution in [0, 0.1) is 5.92 Å². The van der Waals surface area contributed by atoms with Crippen LogP contribution >= 0.6 is 11.8 Å². The first-order valence-electron chi connectivity index (χ1n) is 8.87. The van der Waals surface area contributed by atoms with Crippen molar-refractivity contribution in [1.29, 1.82) is 0 Å². The zero-order chi connectivity index (χ0) is 18.1. The van der Waals surface area contributed by atoms with Crippen molar-refractivity contribution >= 4 is 24.0 Å². The van der Waals surface area contributed by atoms with E-state index in [2.05, 4.69) is 0 Å². The molecule has 1 saturated heterocycles. The molecule has 0 saturated carbocycles. The Kier molecular flexibility index (Phi) is 8.28. The molecule has 5 nitrogen and oxygen atoms in total. The molecule has 1 aromatic carbocycles. The highest BCUT2D eigenvalue weighted by molar-refractivity contribution is 7.99. The molecule has 6 heteroatoms. The number of hydrogen-bond acceptors (Lipinski definition) is 5. The van der Waals surface area contributed by atoms with Crippen molar-refractivity contribution in [1.82, 2.24) is 4.90 Å². The van der Waals surface area contributed by atoms with Crippen molar-refractivity contribution in [2.45, 2.75) is 32.3 Å². The summed E-state index contributed by atoms with van der Waals surface area (Å²) in [5.74, 6) is 1.96. The van der Waals surface area contributed by atoms with Gasteiger partial charge in [0.1, 0.15) is 18.1 Å². The number of carbonyl (C=O) groups is 2. The van der Waals surface area contributed by atoms with Gasteiger partial charge in [-0.15, -0.1) is 0 Å². The van der Waals surface area contributed by atoms with Gasteiger partial charge in [0.15, 0.2) is 0 Å². The number of ether oxygens (including phenoxy) is 1. The number of aliphatic hydroxyl groups is 1. The van der Waals surface area contributed by atoms with E-state index in [-0.39, 0.29) is 5.91 Å². The van der Waals surface area contributed by atoms with Crippen molar-refractivity contribution in [3.63, 3.8) is 0 Å². The Hall–Kier alpha value is -1.53. The molecule has 0 aromatic heterocycles. The molecule has 0 aliphatic carbocycles. The van der Waals surface area contributed by atoms with Crippen LogP contribution in [-0.4, -0.2) is 59.5 Å². The standard InChI is InChI=1S/C19H27NO4S/c1-2-24-16-8-6-15(7-9-16)4-3-5-17(18(22)14-21)19(23)20-10-12-25-13-11-20/h6-9,14,17-18,22H,2-5,10-13H2,1H3/t17-,18-/m1/s1. The van der Waals surface area contributed by atoms with Crippen LogP contribution in [0.15, 0.2) is 24.3 Å². The maximum Gasteiger partial charge on any atom is 0.228 e. The van der Waals surface area contributed by atoms with Crippen molar-refractivity contribution in [2.75, 3.05) is 31.2 Å². The van der Waals surface area contributed by atoms with E-state index in [0.717, 1.165) is 35.7 Å². The summed E-state index contributed by atoms with van der Waals surface area (Å²) in [5, 5.41) is 9.97. The van der Waals surface area contributed by atoms with E-state index in [1.165, 1.54) is 0 Å². The van der Waals surface area contributed by atoms with E-state index < -0.39 is 12.0 Å². The van der Waals surface area contributed by atoms with E-state index in [0.29, 0.717) is 32.4 Å². The van der Waals surface area contributed by atoms with E-state index in [9.17, 15) is 14.7 Å². The zero-order valence-corrected chi connectivity index (χ0v) is 15.5. The number of nitrogens with zero attached hydrogens (tertiary/aromatic N) is 1. The number of thioether (sulfide) groups is 1. The average Bonchev–Trinajstić information content (AvgIpc) is 2.66. The summed E-state index contributed by atoms with van der Waals surface area (Å²) in [4.78, 5) is 25.4. The number of amides is 1. The highest BCUT2D eigenvalue weighted by Crippen LogP contribution is 2.20. The lowest BCUT2D eigenvalue weighted by atomic mass is 9.93. The minimum absolute atomic E-state index is 0.0911. The van der Waals surface area contributed by atoms with Crippen LogP contribution in [0.4, 0.5) is 0 Å². The molecule has 138 valence electrons. The Bertz CT molecular complexity index is 543. The van der Waals surface area contributed by atoms with Gasteiger partial charge in [-0.05, 0) is 43.9 Å². The van der Waals surface area contributed by atoms with Crippen LogP contribution in [0.1, 0.15) is 25.3 Å². The summed E-state index contributed by atoms with van der Waals surface area (Å²) in [7, 11) is 0. The number of aldehydes is 1. The molecule has 1 aliphatic rings. The number of benzene rings is 1. The second-order valence-electron chi connectivity index (χ2n) is 6.14. The van der Waals surface area contributed by atoms with Gasteiger partial charge < -0.3 is 19.5 Å². The second kappa shape index (κ2) is 10.5. The third-order valence-corrected chi connectivity index (χ3v) is 5.35. The van der Waals surface area contributed by atoms with Crippen LogP contribution in [0.25, 0.3) is 0 Å². The first kappa shape index (κ1) is 19.8. The van der Waals surface area contributed by atoms with Crippen molar-refractivity contribution in [3.8, 4) is 5.75 Å². The molecule has 1 aliphatic heterocycles. The van der Waals surface area contributed by atoms with Gasteiger partial charge in [0, 0.05) is 24.6 Å². The quantitative estimate of drug-likeness (QED) is 0.679. The lowest BCUT2D eigenvalue weighted by Crippen LogP contribution is -2.45. The Labute approximate surface area is 153 Å². The molecule has 0 spiro atoms. The van der Waals surface area contributed by atoms with Gasteiger partial charge >= 0.3 is 0 Å². The van der Waals surface area contributed by atoms with Crippen LogP contribution in [0.3, 0.4) is 0 Å². The molecule has 1 fully saturated rings. The highest BCUT2D eigenvalue weighted by Gasteiger charge is 2.30. The average molecular weight is 365 g/mol. The monoisotopic (exact) mass is 365 g/mol. The third-order valence-electron chi connectivity index (χ3n) is 4.41. The van der Waals surface area contributed by atoms with E-state index in [1.807, 2.05) is 43.0 Å². The molecule has 0 bridgehead atoms. The fraction of sp³-hybridized carbons (Fsp3) is 0.579. The Balaban J connectivity index is 1.88. The number of carbonyl (C=O) groups excluding carboxylic acids is 2. The number of aryl methyl sites for hydroxylation is 1. The van der Waals surface area contributed by atoms with Gasteiger partial charge in [0.25, 0.3) is 0 Å². The minimum atomic E-state index is -1.22. The summed E-state index contributed by atoms with van der Waals surface area (Å²) in [6, 6.07) is 7.90. The molecule has 2 rings (SSSR count). The molecule has 1 aromatic rings. The summed E-state index contributed by atoms with van der Waals surface area (Å²) >= 11 is 1.83. The first-order valence-corrected chi connectivity index (χ1v) is 10.0. The lowest BCUT2D eigenvalue weighted by molar-refractivity contribution is -0.142. The topological polar surface area (TPSA) is 66.8 Å². The smallest absolute Gasteiger partial charge is 0.228 e. The molecular formula is C19H27NO4S. The number of hydrogen-bond donors (Lipinski definition) is 1. The van der Waals surface area contributed by atoms with Gasteiger partial charge in [-0.3, -0.25) is 4.79 Å². The molecule has 1 heterocycles. The molecule has 0 radical (unpaired) electrons. The fourth-order valence-corrected chi connectivity index (χ4v) is 3.90. The van der Waals surface area contributed by atoms with Crippen molar-refractivity contribution in [3.05, 3.63) is 29.8 Å². The summed E-state index contributed by atoms with van der Waals surface area (Å²) in [5.41, 5.74) is 1.16. The Morgan fingerprint density at radius 1 is 1.32 bits per heavy atom. The number of aliphatic hydroxyl groups excluding tert-OH is 1. The fourth-order valence-electron chi connectivity index (χ4n) is 3.00. The Morgan fingerprint density at radius 2 is 2.00 bits per heavy atom. The molecule has 1 N–H and O–H groups in total. The van der Waals surface area contributed by atoms with Crippen LogP contribution < -0.4 is 4.74 Å². The maximum absolute atomic E-state index is 12.6. The summed E-state index contributed by atoms with van der Waals surface area (Å²) < 4.78 is 5.42. The second-order valence-corrected chi connectivity index (χ2v) is 7.36. The van der Waals surface area contributed by atoms with E-state index in [1.54, 1.807) is 4.90 Å². The minimum Gasteiger partial charge on any atom is -0.494 e. The van der Waals surface area contributed by atoms with Crippen molar-refractivity contribution < 1.29 is 19.4 Å². The van der Waals surface area contributed by atoms with Gasteiger partial charge in [0.05, 0.1) is 12.5 Å². The van der Waals surface area contributed by atoms with Crippen LogP contribution in [0.5, 0.6) is 5.75 Å². The molecule has 0 unspecified atom stereocenters. The van der Waals surface area contributed by atoms with Crippen LogP contribution in [0.2, 0.25) is 0 Å². The van der Waals surface area contributed by atoms with Gasteiger partial charge in [-0.2, -0.15) is 11.8 Å². The Morgan fingerprint density at radius 3 is 2.60 bits per heavy atom. The highest BCUT2D eigenvalue weighted by atomic mass is 32.2. The van der Waals surface area contributed by atoms with Crippen molar-refractivity contribution in [2.24, 2.45) is 5.92 Å². The lowest BCUT2D eigenvalue weighted by Gasteiger charge is -2.31. The predicted molar refractivity (Wildman–Crippen MR) is 100 cm³/mol. The summed E-state index contributed by atoms with van der Waals surface area (Å²) in [6.45, 7) is 3.99. The molecular weight excluding hydrogens is 338 g/mol. The largest absolute Gasteiger partial charge is 0.494 e. The van der Waals surface area contributed by atoms with Gasteiger partial charge in [0.2, 0.25) is 5.91 Å². The maximum atomic E-state index is 12.6. The molecule has 25 heavy (non-hydrogen) atoms. The predicted octanol–water partition coefficient (Wildman–Crippen LogP) is 2.16. The summed E-state index contributed by atoms with van der Waals surface area (Å²) in [6.07, 6.45) is 1.32.